The fraction of sp³-hybridized carbons (Fsp3) is 0.389. The van der Waals surface area contributed by atoms with Crippen molar-refractivity contribution in [2.45, 2.75) is 43.2 Å². The van der Waals surface area contributed by atoms with E-state index in [4.69, 9.17) is 4.74 Å². The number of nitrogens with zero attached hydrogens (tertiary/aromatic N) is 2. The predicted molar refractivity (Wildman–Crippen MR) is 93.9 cm³/mol. The lowest BCUT2D eigenvalue weighted by Crippen LogP contribution is -2.24. The van der Waals surface area contributed by atoms with Crippen molar-refractivity contribution in [3.05, 3.63) is 48.4 Å². The summed E-state index contributed by atoms with van der Waals surface area (Å²) in [6, 6.07) is 7.60. The highest BCUT2D eigenvalue weighted by molar-refractivity contribution is 8.00. The Labute approximate surface area is 146 Å². The molecule has 1 amide bonds. The molecule has 1 fully saturated rings. The number of nitrogens with one attached hydrogen (secondary N) is 1. The first-order valence-corrected chi connectivity index (χ1v) is 9.19. The van der Waals surface area contributed by atoms with Crippen molar-refractivity contribution < 1.29 is 9.53 Å². The molecular formula is C18H21N3O2S. The van der Waals surface area contributed by atoms with Crippen LogP contribution in [-0.4, -0.2) is 27.7 Å². The van der Waals surface area contributed by atoms with Crippen molar-refractivity contribution >= 4 is 17.7 Å². The van der Waals surface area contributed by atoms with E-state index in [0.717, 1.165) is 23.3 Å². The number of amides is 1. The van der Waals surface area contributed by atoms with E-state index >= 15 is 0 Å². The second-order valence-electron chi connectivity index (χ2n) is 5.77. The first kappa shape index (κ1) is 16.8. The maximum atomic E-state index is 12.0. The van der Waals surface area contributed by atoms with E-state index in [9.17, 15) is 4.79 Å². The predicted octanol–water partition coefficient (Wildman–Crippen LogP) is 3.21. The highest BCUT2D eigenvalue weighted by Crippen LogP contribution is 2.23. The highest BCUT2D eigenvalue weighted by Gasteiger charge is 2.17. The summed E-state index contributed by atoms with van der Waals surface area (Å²) in [5.41, 5.74) is 1.00. The van der Waals surface area contributed by atoms with Gasteiger partial charge in [-0.05, 0) is 49.4 Å². The minimum atomic E-state index is 0.00638. The van der Waals surface area contributed by atoms with Crippen LogP contribution in [-0.2, 0) is 11.3 Å². The van der Waals surface area contributed by atoms with E-state index in [1.807, 2.05) is 24.3 Å². The molecule has 0 saturated heterocycles. The molecule has 3 rings (SSSR count). The van der Waals surface area contributed by atoms with Crippen molar-refractivity contribution in [2.75, 3.05) is 5.75 Å². The zero-order chi connectivity index (χ0) is 16.6. The van der Waals surface area contributed by atoms with Crippen LogP contribution in [0.4, 0.5) is 0 Å². The Kier molecular flexibility index (Phi) is 6.07. The summed E-state index contributed by atoms with van der Waals surface area (Å²) >= 11 is 1.50. The molecule has 126 valence electrons. The first-order chi connectivity index (χ1) is 11.8. The fourth-order valence-corrected chi connectivity index (χ4v) is 3.35. The Bertz CT molecular complexity index is 660. The summed E-state index contributed by atoms with van der Waals surface area (Å²) in [6.07, 6.45) is 10.2. The number of rotatable bonds is 7. The van der Waals surface area contributed by atoms with Gasteiger partial charge in [0.2, 0.25) is 11.8 Å². The lowest BCUT2D eigenvalue weighted by atomic mass is 10.2. The van der Waals surface area contributed by atoms with E-state index in [1.165, 1.54) is 24.6 Å². The zero-order valence-electron chi connectivity index (χ0n) is 13.5. The molecule has 1 N–H and O–H groups in total. The molecule has 1 aliphatic carbocycles. The number of aromatic nitrogens is 2. The smallest absolute Gasteiger partial charge is 0.230 e. The van der Waals surface area contributed by atoms with E-state index in [-0.39, 0.29) is 5.91 Å². The SMILES string of the molecule is O=C(CSc1ccncc1)NCc1ccnc(OC2CCCC2)c1. The van der Waals surface area contributed by atoms with E-state index in [1.54, 1.807) is 18.6 Å². The van der Waals surface area contributed by atoms with Gasteiger partial charge in [0, 0.05) is 36.1 Å². The van der Waals surface area contributed by atoms with Gasteiger partial charge in [0.15, 0.2) is 0 Å². The third kappa shape index (κ3) is 5.23. The standard InChI is InChI=1S/C18H21N3O2S/c22-17(13-24-16-6-8-19-9-7-16)21-12-14-5-10-20-18(11-14)23-15-3-1-2-4-15/h5-11,15H,1-4,12-13H2,(H,21,22). The lowest BCUT2D eigenvalue weighted by Gasteiger charge is -2.13. The van der Waals surface area contributed by atoms with Crippen molar-refractivity contribution in [1.29, 1.82) is 0 Å². The van der Waals surface area contributed by atoms with Crippen LogP contribution in [0, 0.1) is 0 Å². The summed E-state index contributed by atoms with van der Waals surface area (Å²) in [5, 5.41) is 2.93. The molecule has 0 spiro atoms. The Morgan fingerprint density at radius 1 is 1.21 bits per heavy atom. The van der Waals surface area contributed by atoms with Gasteiger partial charge >= 0.3 is 0 Å². The topological polar surface area (TPSA) is 64.1 Å². The quantitative estimate of drug-likeness (QED) is 0.782. The molecule has 6 heteroatoms. The molecule has 0 atom stereocenters. The first-order valence-electron chi connectivity index (χ1n) is 8.21. The van der Waals surface area contributed by atoms with Crippen LogP contribution in [0.25, 0.3) is 0 Å². The summed E-state index contributed by atoms with van der Waals surface area (Å²) in [7, 11) is 0. The Morgan fingerprint density at radius 2 is 2.00 bits per heavy atom. The van der Waals surface area contributed by atoms with Crippen LogP contribution in [0.2, 0.25) is 0 Å². The van der Waals surface area contributed by atoms with Gasteiger partial charge in [-0.3, -0.25) is 9.78 Å². The maximum Gasteiger partial charge on any atom is 0.230 e. The normalized spacial score (nSPS) is 14.5. The van der Waals surface area contributed by atoms with E-state index < -0.39 is 0 Å². The Hall–Kier alpha value is -2.08. The van der Waals surface area contributed by atoms with Crippen LogP contribution in [0.15, 0.2) is 47.8 Å². The number of hydrogen-bond acceptors (Lipinski definition) is 5. The van der Waals surface area contributed by atoms with Crippen LogP contribution in [0.3, 0.4) is 0 Å². The van der Waals surface area contributed by atoms with Crippen LogP contribution >= 0.6 is 11.8 Å². The number of hydrogen-bond donors (Lipinski definition) is 1. The van der Waals surface area contributed by atoms with Crippen LogP contribution < -0.4 is 10.1 Å². The highest BCUT2D eigenvalue weighted by atomic mass is 32.2. The van der Waals surface area contributed by atoms with Gasteiger partial charge in [-0.25, -0.2) is 4.98 Å². The van der Waals surface area contributed by atoms with Crippen molar-refractivity contribution in [1.82, 2.24) is 15.3 Å². The molecule has 2 aromatic rings. The molecule has 5 nitrogen and oxygen atoms in total. The molecule has 0 aromatic carbocycles. The molecule has 2 heterocycles. The Balaban J connectivity index is 1.44. The van der Waals surface area contributed by atoms with Gasteiger partial charge < -0.3 is 10.1 Å². The van der Waals surface area contributed by atoms with Gasteiger partial charge in [-0.2, -0.15) is 0 Å². The number of carbonyl (C=O) groups excluding carboxylic acids is 1. The van der Waals surface area contributed by atoms with Gasteiger partial charge in [0.25, 0.3) is 0 Å². The number of carbonyl (C=O) groups is 1. The molecule has 1 saturated carbocycles. The molecule has 0 unspecified atom stereocenters. The molecule has 24 heavy (non-hydrogen) atoms. The molecule has 1 aliphatic rings. The lowest BCUT2D eigenvalue weighted by molar-refractivity contribution is -0.118. The summed E-state index contributed by atoms with van der Waals surface area (Å²) < 4.78 is 5.89. The van der Waals surface area contributed by atoms with E-state index in [2.05, 4.69) is 15.3 Å². The van der Waals surface area contributed by atoms with Gasteiger partial charge in [-0.1, -0.05) is 0 Å². The zero-order valence-corrected chi connectivity index (χ0v) is 14.3. The van der Waals surface area contributed by atoms with Crippen LogP contribution in [0.1, 0.15) is 31.2 Å². The fourth-order valence-electron chi connectivity index (χ4n) is 2.64. The minimum absolute atomic E-state index is 0.00638. The molecule has 0 bridgehead atoms. The molecule has 2 aromatic heterocycles. The van der Waals surface area contributed by atoms with Crippen molar-refractivity contribution in [2.24, 2.45) is 0 Å². The van der Waals surface area contributed by atoms with E-state index in [0.29, 0.717) is 24.3 Å². The van der Waals surface area contributed by atoms with Crippen molar-refractivity contribution in [3.63, 3.8) is 0 Å². The monoisotopic (exact) mass is 343 g/mol. The summed E-state index contributed by atoms with van der Waals surface area (Å²) in [5.74, 6) is 1.05. The molecular weight excluding hydrogens is 322 g/mol. The summed E-state index contributed by atoms with van der Waals surface area (Å²) in [4.78, 5) is 21.2. The minimum Gasteiger partial charge on any atom is -0.474 e. The third-order valence-corrected chi connectivity index (χ3v) is 4.91. The number of ether oxygens (including phenoxy) is 1. The van der Waals surface area contributed by atoms with Gasteiger partial charge in [0.1, 0.15) is 6.10 Å². The number of pyridine rings is 2. The Morgan fingerprint density at radius 3 is 2.79 bits per heavy atom. The van der Waals surface area contributed by atoms with Crippen molar-refractivity contribution in [3.8, 4) is 5.88 Å². The second kappa shape index (κ2) is 8.68. The number of thioether (sulfide) groups is 1. The van der Waals surface area contributed by atoms with Gasteiger partial charge in [0.05, 0.1) is 5.75 Å². The second-order valence-corrected chi connectivity index (χ2v) is 6.82. The van der Waals surface area contributed by atoms with Crippen LogP contribution in [0.5, 0.6) is 5.88 Å². The maximum absolute atomic E-state index is 12.0. The molecule has 0 radical (unpaired) electrons. The van der Waals surface area contributed by atoms with Gasteiger partial charge in [-0.15, -0.1) is 11.8 Å². The average molecular weight is 343 g/mol. The average Bonchev–Trinajstić information content (AvgIpc) is 3.12. The third-order valence-electron chi connectivity index (χ3n) is 3.90. The largest absolute Gasteiger partial charge is 0.474 e. The summed E-state index contributed by atoms with van der Waals surface area (Å²) in [6.45, 7) is 0.485. The molecule has 0 aliphatic heterocycles.